The highest BCUT2D eigenvalue weighted by Crippen LogP contribution is 2.32. The molecule has 2 aromatic rings. The Morgan fingerprint density at radius 3 is 2.57 bits per heavy atom. The molecule has 1 saturated carbocycles. The highest BCUT2D eigenvalue weighted by Gasteiger charge is 2.32. The molecule has 1 atom stereocenters. The lowest BCUT2D eigenvalue weighted by molar-refractivity contribution is 0.0606. The van der Waals surface area contributed by atoms with E-state index in [0.29, 0.717) is 17.7 Å². The molecule has 1 amide bonds. The second-order valence-electron chi connectivity index (χ2n) is 8.29. The van der Waals surface area contributed by atoms with Crippen LogP contribution in [0.25, 0.3) is 0 Å². The fraction of sp³-hybridized carbons (Fsp3) is 0.591. The van der Waals surface area contributed by atoms with Crippen LogP contribution in [0.1, 0.15) is 72.9 Å². The summed E-state index contributed by atoms with van der Waals surface area (Å²) in [6.07, 6.45) is 5.77. The molecule has 2 heterocycles. The van der Waals surface area contributed by atoms with Crippen LogP contribution in [-0.4, -0.2) is 45.4 Å². The molecule has 1 N–H and O–H groups in total. The Morgan fingerprint density at radius 1 is 1.21 bits per heavy atom. The van der Waals surface area contributed by atoms with Gasteiger partial charge >= 0.3 is 0 Å². The van der Waals surface area contributed by atoms with Crippen LogP contribution < -0.4 is 5.32 Å². The summed E-state index contributed by atoms with van der Waals surface area (Å²) in [6, 6.07) is 10.7. The van der Waals surface area contributed by atoms with Crippen molar-refractivity contribution in [2.24, 2.45) is 5.92 Å². The standard InChI is InChI=1S/C22H31N5O/c1-16(19-9-4-3-5-10-19)26(15-18-7-6-8-18)22(28)21-17(2)27(25-24-21)20-11-13-23-14-12-20/h3-5,9-10,16,18,20,23H,6-8,11-15H2,1-2H3. The summed E-state index contributed by atoms with van der Waals surface area (Å²) in [5.41, 5.74) is 2.58. The summed E-state index contributed by atoms with van der Waals surface area (Å²) in [4.78, 5) is 15.6. The van der Waals surface area contributed by atoms with Crippen LogP contribution in [0, 0.1) is 12.8 Å². The maximum Gasteiger partial charge on any atom is 0.276 e. The predicted octanol–water partition coefficient (Wildman–Crippen LogP) is 3.51. The lowest BCUT2D eigenvalue weighted by atomic mass is 9.84. The first-order valence-electron chi connectivity index (χ1n) is 10.6. The third-order valence-electron chi connectivity index (χ3n) is 6.47. The van der Waals surface area contributed by atoms with E-state index in [1.807, 2.05) is 34.7 Å². The number of carbonyl (C=O) groups excluding carboxylic acids is 1. The van der Waals surface area contributed by atoms with E-state index in [1.165, 1.54) is 24.8 Å². The Bertz CT molecular complexity index is 793. The number of aromatic nitrogens is 3. The van der Waals surface area contributed by atoms with Crippen molar-refractivity contribution in [1.29, 1.82) is 0 Å². The first kappa shape index (κ1) is 19.1. The Kier molecular flexibility index (Phi) is 5.76. The van der Waals surface area contributed by atoms with Gasteiger partial charge in [0.25, 0.3) is 5.91 Å². The molecular weight excluding hydrogens is 350 g/mol. The second kappa shape index (κ2) is 8.43. The van der Waals surface area contributed by atoms with Gasteiger partial charge in [0.05, 0.1) is 17.8 Å². The van der Waals surface area contributed by atoms with E-state index >= 15 is 0 Å². The van der Waals surface area contributed by atoms with Crippen molar-refractivity contribution in [2.45, 2.75) is 58.0 Å². The zero-order valence-corrected chi connectivity index (χ0v) is 17.0. The Labute approximate surface area is 167 Å². The van der Waals surface area contributed by atoms with Crippen LogP contribution in [0.5, 0.6) is 0 Å². The minimum absolute atomic E-state index is 0.0148. The summed E-state index contributed by atoms with van der Waals surface area (Å²) < 4.78 is 1.97. The van der Waals surface area contributed by atoms with E-state index in [4.69, 9.17) is 0 Å². The summed E-state index contributed by atoms with van der Waals surface area (Å²) in [5, 5.41) is 12.1. The van der Waals surface area contributed by atoms with Gasteiger partial charge in [-0.25, -0.2) is 4.68 Å². The van der Waals surface area contributed by atoms with Crippen molar-refractivity contribution < 1.29 is 4.79 Å². The first-order valence-corrected chi connectivity index (χ1v) is 10.6. The van der Waals surface area contributed by atoms with E-state index in [0.717, 1.165) is 38.2 Å². The molecule has 1 aliphatic carbocycles. The van der Waals surface area contributed by atoms with Crippen LogP contribution >= 0.6 is 0 Å². The lowest BCUT2D eigenvalue weighted by Crippen LogP contribution is -2.39. The molecule has 1 aliphatic heterocycles. The SMILES string of the molecule is Cc1c(C(=O)N(CC2CCC2)C(C)c2ccccc2)nnn1C1CCNCC1. The predicted molar refractivity (Wildman–Crippen MR) is 109 cm³/mol. The molecular formula is C22H31N5O. The Morgan fingerprint density at radius 2 is 1.93 bits per heavy atom. The zero-order valence-electron chi connectivity index (χ0n) is 17.0. The molecule has 1 saturated heterocycles. The minimum Gasteiger partial charge on any atom is -0.330 e. The summed E-state index contributed by atoms with van der Waals surface area (Å²) in [6.45, 7) is 6.90. The molecule has 0 radical (unpaired) electrons. The fourth-order valence-electron chi connectivity index (χ4n) is 4.35. The highest BCUT2D eigenvalue weighted by molar-refractivity contribution is 5.93. The van der Waals surface area contributed by atoms with Crippen molar-refractivity contribution in [3.63, 3.8) is 0 Å². The molecule has 28 heavy (non-hydrogen) atoms. The van der Waals surface area contributed by atoms with Crippen molar-refractivity contribution in [2.75, 3.05) is 19.6 Å². The topological polar surface area (TPSA) is 63.1 Å². The summed E-state index contributed by atoms with van der Waals surface area (Å²) in [5.74, 6) is 0.621. The van der Waals surface area contributed by atoms with Gasteiger partial charge < -0.3 is 10.2 Å². The van der Waals surface area contributed by atoms with E-state index < -0.39 is 0 Å². The summed E-state index contributed by atoms with van der Waals surface area (Å²) in [7, 11) is 0. The molecule has 2 fully saturated rings. The molecule has 1 aromatic heterocycles. The fourth-order valence-corrected chi connectivity index (χ4v) is 4.35. The smallest absolute Gasteiger partial charge is 0.276 e. The van der Waals surface area contributed by atoms with Gasteiger partial charge in [-0.15, -0.1) is 5.10 Å². The van der Waals surface area contributed by atoms with Crippen LogP contribution in [0.15, 0.2) is 30.3 Å². The Balaban J connectivity index is 1.59. The third-order valence-corrected chi connectivity index (χ3v) is 6.47. The van der Waals surface area contributed by atoms with Crippen LogP contribution in [0.3, 0.4) is 0 Å². The maximum absolute atomic E-state index is 13.5. The molecule has 0 spiro atoms. The van der Waals surface area contributed by atoms with Gasteiger partial charge in [-0.2, -0.15) is 0 Å². The average molecular weight is 382 g/mol. The third kappa shape index (κ3) is 3.83. The lowest BCUT2D eigenvalue weighted by Gasteiger charge is -2.36. The van der Waals surface area contributed by atoms with Crippen molar-refractivity contribution in [1.82, 2.24) is 25.2 Å². The molecule has 4 rings (SSSR count). The largest absolute Gasteiger partial charge is 0.330 e. The van der Waals surface area contributed by atoms with Gasteiger partial charge in [0.15, 0.2) is 5.69 Å². The van der Waals surface area contributed by atoms with E-state index in [2.05, 4.69) is 34.7 Å². The number of amides is 1. The average Bonchev–Trinajstić information content (AvgIpc) is 3.09. The van der Waals surface area contributed by atoms with Crippen molar-refractivity contribution >= 4 is 5.91 Å². The molecule has 150 valence electrons. The minimum atomic E-state index is 0.0148. The molecule has 6 heteroatoms. The number of nitrogens with one attached hydrogen (secondary N) is 1. The van der Waals surface area contributed by atoms with E-state index in [9.17, 15) is 4.79 Å². The monoisotopic (exact) mass is 381 g/mol. The number of carbonyl (C=O) groups is 1. The van der Waals surface area contributed by atoms with Crippen molar-refractivity contribution in [3.05, 3.63) is 47.3 Å². The van der Waals surface area contributed by atoms with Gasteiger partial charge in [0.1, 0.15) is 0 Å². The van der Waals surface area contributed by atoms with Crippen LogP contribution in [0.4, 0.5) is 0 Å². The van der Waals surface area contributed by atoms with Gasteiger partial charge in [0.2, 0.25) is 0 Å². The van der Waals surface area contributed by atoms with Gasteiger partial charge in [0, 0.05) is 6.54 Å². The number of piperidine rings is 1. The van der Waals surface area contributed by atoms with Crippen LogP contribution in [0.2, 0.25) is 0 Å². The quantitative estimate of drug-likeness (QED) is 0.832. The Hall–Kier alpha value is -2.21. The number of hydrogen-bond acceptors (Lipinski definition) is 4. The van der Waals surface area contributed by atoms with Gasteiger partial charge in [-0.05, 0) is 64.1 Å². The highest BCUT2D eigenvalue weighted by atomic mass is 16.2. The molecule has 0 bridgehead atoms. The van der Waals surface area contributed by atoms with Gasteiger partial charge in [-0.1, -0.05) is 42.0 Å². The van der Waals surface area contributed by atoms with Gasteiger partial charge in [-0.3, -0.25) is 4.79 Å². The zero-order chi connectivity index (χ0) is 19.5. The second-order valence-corrected chi connectivity index (χ2v) is 8.29. The first-order chi connectivity index (χ1) is 13.6. The van der Waals surface area contributed by atoms with Crippen molar-refractivity contribution in [3.8, 4) is 0 Å². The number of hydrogen-bond donors (Lipinski definition) is 1. The molecule has 2 aliphatic rings. The summed E-state index contributed by atoms with van der Waals surface area (Å²) >= 11 is 0. The normalized spacial score (nSPS) is 19.2. The number of benzene rings is 1. The van der Waals surface area contributed by atoms with Crippen LogP contribution in [-0.2, 0) is 0 Å². The molecule has 1 unspecified atom stereocenters. The molecule has 6 nitrogen and oxygen atoms in total. The van der Waals surface area contributed by atoms with E-state index in [-0.39, 0.29) is 11.9 Å². The number of rotatable bonds is 6. The van der Waals surface area contributed by atoms with E-state index in [1.54, 1.807) is 0 Å². The molecule has 1 aromatic carbocycles. The maximum atomic E-state index is 13.5. The number of nitrogens with zero attached hydrogens (tertiary/aromatic N) is 4.